The Hall–Kier alpha value is -1.44. The minimum atomic E-state index is -0.0637. The molecule has 0 atom stereocenters. The van der Waals surface area contributed by atoms with Gasteiger partial charge in [0.1, 0.15) is 0 Å². The summed E-state index contributed by atoms with van der Waals surface area (Å²) in [6.45, 7) is 3.38. The van der Waals surface area contributed by atoms with Gasteiger partial charge in [-0.3, -0.25) is 4.79 Å². The highest BCUT2D eigenvalue weighted by atomic mass is 32.2. The third-order valence-electron chi connectivity index (χ3n) is 3.32. The Labute approximate surface area is 132 Å². The molecule has 0 aromatic heterocycles. The lowest BCUT2D eigenvalue weighted by Gasteiger charge is -2.28. The maximum Gasteiger partial charge on any atom is 0.259 e. The Balaban J connectivity index is 1.66. The Morgan fingerprint density at radius 3 is 2.57 bits per heavy atom. The number of carbonyl (C=O) groups excluding carboxylic acids is 1. The first-order valence-corrected chi connectivity index (χ1v) is 8.10. The first-order valence-electron chi connectivity index (χ1n) is 6.70. The minimum absolute atomic E-state index is 0.0637. The van der Waals surface area contributed by atoms with Crippen molar-refractivity contribution in [2.75, 3.05) is 37.0 Å². The van der Waals surface area contributed by atoms with Crippen LogP contribution in [-0.4, -0.2) is 53.5 Å². The fourth-order valence-electron chi connectivity index (χ4n) is 2.18. The summed E-state index contributed by atoms with van der Waals surface area (Å²) in [5.41, 5.74) is 2.12. The van der Waals surface area contributed by atoms with Gasteiger partial charge >= 0.3 is 0 Å². The highest BCUT2D eigenvalue weighted by Crippen LogP contribution is 2.20. The maximum absolute atomic E-state index is 11.6. The molecule has 2 aliphatic rings. The van der Waals surface area contributed by atoms with Crippen LogP contribution in [0.4, 0.5) is 5.69 Å². The zero-order valence-corrected chi connectivity index (χ0v) is 13.0. The van der Waals surface area contributed by atoms with Crippen LogP contribution < -0.4 is 4.90 Å². The van der Waals surface area contributed by atoms with Gasteiger partial charge in [0.05, 0.1) is 25.2 Å². The van der Waals surface area contributed by atoms with Crippen molar-refractivity contribution in [3.8, 4) is 0 Å². The third-order valence-corrected chi connectivity index (χ3v) is 4.66. The lowest BCUT2D eigenvalue weighted by atomic mass is 10.2. The van der Waals surface area contributed by atoms with Gasteiger partial charge in [-0.2, -0.15) is 10.1 Å². The first-order chi connectivity index (χ1) is 10.2. The summed E-state index contributed by atoms with van der Waals surface area (Å²) in [4.78, 5) is 13.8. The molecule has 1 amide bonds. The smallest absolute Gasteiger partial charge is 0.259 e. The summed E-state index contributed by atoms with van der Waals surface area (Å²) < 4.78 is 5.86. The van der Waals surface area contributed by atoms with Crippen molar-refractivity contribution in [3.05, 3.63) is 29.8 Å². The average Bonchev–Trinajstić information content (AvgIpc) is 2.85. The van der Waals surface area contributed by atoms with Gasteiger partial charge in [-0.05, 0) is 17.7 Å². The number of amides is 1. The van der Waals surface area contributed by atoms with Gasteiger partial charge in [0.2, 0.25) is 0 Å². The quantitative estimate of drug-likeness (QED) is 0.626. The number of thiocarbonyl (C=S) groups is 1. The maximum atomic E-state index is 11.6. The first kappa shape index (κ1) is 14.5. The molecule has 1 aromatic carbocycles. The van der Waals surface area contributed by atoms with E-state index < -0.39 is 0 Å². The van der Waals surface area contributed by atoms with Crippen LogP contribution in [0.15, 0.2) is 29.4 Å². The van der Waals surface area contributed by atoms with E-state index in [1.807, 2.05) is 12.1 Å². The lowest BCUT2D eigenvalue weighted by Crippen LogP contribution is -2.36. The second kappa shape index (κ2) is 6.55. The highest BCUT2D eigenvalue weighted by molar-refractivity contribution is 8.23. The van der Waals surface area contributed by atoms with E-state index in [-0.39, 0.29) is 5.91 Å². The van der Waals surface area contributed by atoms with Gasteiger partial charge in [-0.25, -0.2) is 0 Å². The standard InChI is InChI=1S/C14H15N3O2S2/c18-13-10-21-14(20)17(13)15-9-11-1-3-12(4-2-11)16-5-7-19-8-6-16/h1-4,9H,5-8,10H2/b15-9+. The van der Waals surface area contributed by atoms with Crippen LogP contribution in [0.1, 0.15) is 5.56 Å². The molecule has 1 aromatic rings. The largest absolute Gasteiger partial charge is 0.378 e. The average molecular weight is 321 g/mol. The number of thioether (sulfide) groups is 1. The van der Waals surface area contributed by atoms with Gasteiger partial charge in [0, 0.05) is 18.8 Å². The number of morpholine rings is 1. The van der Waals surface area contributed by atoms with Crippen molar-refractivity contribution >= 4 is 46.1 Å². The fourth-order valence-corrected chi connectivity index (χ4v) is 3.14. The van der Waals surface area contributed by atoms with Crippen molar-refractivity contribution in [1.82, 2.24) is 5.01 Å². The van der Waals surface area contributed by atoms with Gasteiger partial charge < -0.3 is 9.64 Å². The summed E-state index contributed by atoms with van der Waals surface area (Å²) >= 11 is 6.42. The number of hydrogen-bond acceptors (Lipinski definition) is 6. The molecule has 0 N–H and O–H groups in total. The molecule has 2 heterocycles. The monoisotopic (exact) mass is 321 g/mol. The van der Waals surface area contributed by atoms with Crippen LogP contribution in [0, 0.1) is 0 Å². The number of nitrogens with zero attached hydrogens (tertiary/aromatic N) is 3. The van der Waals surface area contributed by atoms with Crippen LogP contribution >= 0.6 is 24.0 Å². The molecule has 7 heteroatoms. The van der Waals surface area contributed by atoms with Gasteiger partial charge in [0.15, 0.2) is 4.32 Å². The van der Waals surface area contributed by atoms with Crippen LogP contribution in [0.3, 0.4) is 0 Å². The van der Waals surface area contributed by atoms with Crippen LogP contribution in [-0.2, 0) is 9.53 Å². The molecule has 2 aliphatic heterocycles. The summed E-state index contributed by atoms with van der Waals surface area (Å²) in [5, 5.41) is 5.45. The molecule has 0 spiro atoms. The summed E-state index contributed by atoms with van der Waals surface area (Å²) in [7, 11) is 0. The molecule has 0 unspecified atom stereocenters. The Morgan fingerprint density at radius 1 is 1.24 bits per heavy atom. The van der Waals surface area contributed by atoms with Crippen molar-refractivity contribution < 1.29 is 9.53 Å². The number of anilines is 1. The van der Waals surface area contributed by atoms with Crippen molar-refractivity contribution in [2.24, 2.45) is 5.10 Å². The van der Waals surface area contributed by atoms with E-state index in [9.17, 15) is 4.79 Å². The normalized spacial score (nSPS) is 19.8. The van der Waals surface area contributed by atoms with Crippen molar-refractivity contribution in [2.45, 2.75) is 0 Å². The van der Waals surface area contributed by atoms with E-state index in [2.05, 4.69) is 22.1 Å². The molecule has 2 saturated heterocycles. The Kier molecular flexibility index (Phi) is 4.52. The molecule has 0 aliphatic carbocycles. The predicted octanol–water partition coefficient (Wildman–Crippen LogP) is 1.72. The van der Waals surface area contributed by atoms with E-state index in [0.717, 1.165) is 31.9 Å². The number of hydrazone groups is 1. The summed E-state index contributed by atoms with van der Waals surface area (Å²) in [6.07, 6.45) is 1.67. The zero-order chi connectivity index (χ0) is 14.7. The highest BCUT2D eigenvalue weighted by Gasteiger charge is 2.25. The lowest BCUT2D eigenvalue weighted by molar-refractivity contribution is -0.123. The third kappa shape index (κ3) is 3.42. The minimum Gasteiger partial charge on any atom is -0.378 e. The molecule has 21 heavy (non-hydrogen) atoms. The summed E-state index contributed by atoms with van der Waals surface area (Å²) in [6, 6.07) is 8.10. The SMILES string of the molecule is O=C1CSC(=S)N1/N=C/c1ccc(N2CCOCC2)cc1. The number of hydrogen-bond donors (Lipinski definition) is 0. The Morgan fingerprint density at radius 2 is 1.95 bits per heavy atom. The van der Waals surface area contributed by atoms with Crippen LogP contribution in [0.2, 0.25) is 0 Å². The molecule has 0 radical (unpaired) electrons. The topological polar surface area (TPSA) is 45.1 Å². The summed E-state index contributed by atoms with van der Waals surface area (Å²) in [5.74, 6) is 0.317. The van der Waals surface area contributed by atoms with Crippen molar-refractivity contribution in [1.29, 1.82) is 0 Å². The van der Waals surface area contributed by atoms with E-state index in [1.165, 1.54) is 22.5 Å². The van der Waals surface area contributed by atoms with E-state index >= 15 is 0 Å². The predicted molar refractivity (Wildman–Crippen MR) is 89.0 cm³/mol. The van der Waals surface area contributed by atoms with Crippen LogP contribution in [0.5, 0.6) is 0 Å². The molecular weight excluding hydrogens is 306 g/mol. The van der Waals surface area contributed by atoms with Gasteiger partial charge in [-0.15, -0.1) is 0 Å². The number of carbonyl (C=O) groups is 1. The molecule has 110 valence electrons. The van der Waals surface area contributed by atoms with E-state index in [4.69, 9.17) is 17.0 Å². The zero-order valence-electron chi connectivity index (χ0n) is 11.4. The molecule has 2 fully saturated rings. The van der Waals surface area contributed by atoms with Gasteiger partial charge in [-0.1, -0.05) is 36.1 Å². The second-order valence-corrected chi connectivity index (χ2v) is 6.30. The van der Waals surface area contributed by atoms with Crippen molar-refractivity contribution in [3.63, 3.8) is 0 Å². The molecular formula is C14H15N3O2S2. The van der Waals surface area contributed by atoms with Gasteiger partial charge in [0.25, 0.3) is 5.91 Å². The van der Waals surface area contributed by atoms with E-state index in [1.54, 1.807) is 6.21 Å². The number of benzene rings is 1. The Bertz CT molecular complexity index is 552. The molecule has 0 saturated carbocycles. The second-order valence-electron chi connectivity index (χ2n) is 4.70. The van der Waals surface area contributed by atoms with Crippen LogP contribution in [0.25, 0.3) is 0 Å². The molecule has 3 rings (SSSR count). The van der Waals surface area contributed by atoms with E-state index in [0.29, 0.717) is 10.1 Å². The number of ether oxygens (including phenoxy) is 1. The fraction of sp³-hybridized carbons (Fsp3) is 0.357. The molecule has 0 bridgehead atoms. The number of rotatable bonds is 3. The molecule has 5 nitrogen and oxygen atoms in total.